The van der Waals surface area contributed by atoms with E-state index in [0.717, 1.165) is 7.11 Å². The van der Waals surface area contributed by atoms with E-state index in [4.69, 9.17) is 5.11 Å². The van der Waals surface area contributed by atoms with Gasteiger partial charge in [0.15, 0.2) is 11.5 Å². The van der Waals surface area contributed by atoms with E-state index in [1.54, 1.807) is 0 Å². The van der Waals surface area contributed by atoms with Crippen molar-refractivity contribution in [2.24, 2.45) is 10.2 Å². The third-order valence-electron chi connectivity index (χ3n) is 3.30. The summed E-state index contributed by atoms with van der Waals surface area (Å²) in [5.74, 6) is -2.84. The van der Waals surface area contributed by atoms with Crippen molar-refractivity contribution in [3.63, 3.8) is 0 Å². The predicted molar refractivity (Wildman–Crippen MR) is 90.5 cm³/mol. The smallest absolute Gasteiger partial charge is 0.356 e. The zero-order valence-electron chi connectivity index (χ0n) is 14.4. The van der Waals surface area contributed by atoms with Crippen LogP contribution < -0.4 is 0 Å². The number of esters is 2. The van der Waals surface area contributed by atoms with Gasteiger partial charge in [-0.1, -0.05) is 0 Å². The van der Waals surface area contributed by atoms with Gasteiger partial charge in [0.05, 0.1) is 31.9 Å². The lowest BCUT2D eigenvalue weighted by Gasteiger charge is -2.04. The van der Waals surface area contributed by atoms with Gasteiger partial charge in [0.25, 0.3) is 0 Å². The van der Waals surface area contributed by atoms with Crippen LogP contribution in [0.5, 0.6) is 5.75 Å². The fourth-order valence-electron chi connectivity index (χ4n) is 2.06. The topological polar surface area (TPSA) is 148 Å². The first-order valence-electron chi connectivity index (χ1n) is 7.48. The highest BCUT2D eigenvalue weighted by atomic mass is 16.5. The molecule has 10 nitrogen and oxygen atoms in total. The molecule has 0 spiro atoms. The number of pyridine rings is 1. The predicted octanol–water partition coefficient (Wildman–Crippen LogP) is 2.40. The Kier molecular flexibility index (Phi) is 6.15. The lowest BCUT2D eigenvalue weighted by atomic mass is 10.1. The minimum Gasteiger partial charge on any atom is -0.508 e. The number of methoxy groups -OCH3 is 2. The number of hydrogen-bond donors (Lipinski definition) is 2. The molecule has 2 N–H and O–H groups in total. The molecule has 0 radical (unpaired) electrons. The molecule has 1 aromatic carbocycles. The number of carboxylic acid groups (broad SMARTS) is 1. The standard InChI is InChI=1S/C17H15N3O7/c1-26-16(24)10-6-12(17(25)27-2)18-14(7-10)20-19-11-3-4-13(21)9(5-11)8-15(22)23/h3-7,21H,8H2,1-2H3,(H,22,23)/b20-19+. The SMILES string of the molecule is COC(=O)c1cc(/N=N/c2ccc(O)c(CC(=O)O)c2)nc(C(=O)OC)c1. The van der Waals surface area contributed by atoms with Gasteiger partial charge < -0.3 is 19.7 Å². The number of phenols is 1. The highest BCUT2D eigenvalue weighted by molar-refractivity contribution is 5.94. The number of benzene rings is 1. The van der Waals surface area contributed by atoms with E-state index in [1.165, 1.54) is 37.4 Å². The van der Waals surface area contributed by atoms with E-state index in [1.807, 2.05) is 0 Å². The molecule has 0 unspecified atom stereocenters. The molecule has 1 heterocycles. The Hall–Kier alpha value is -3.82. The van der Waals surface area contributed by atoms with E-state index in [-0.39, 0.29) is 34.1 Å². The fourth-order valence-corrected chi connectivity index (χ4v) is 2.06. The first-order valence-corrected chi connectivity index (χ1v) is 7.48. The van der Waals surface area contributed by atoms with E-state index in [0.29, 0.717) is 0 Å². The number of phenolic OH excluding ortho intramolecular Hbond substituents is 1. The number of aliphatic carboxylic acids is 1. The number of aromatic hydroxyl groups is 1. The van der Waals surface area contributed by atoms with Crippen molar-refractivity contribution in [2.45, 2.75) is 6.42 Å². The Morgan fingerprint density at radius 1 is 1.04 bits per heavy atom. The Morgan fingerprint density at radius 2 is 1.74 bits per heavy atom. The van der Waals surface area contributed by atoms with E-state index in [9.17, 15) is 19.5 Å². The summed E-state index contributed by atoms with van der Waals surface area (Å²) in [5, 5.41) is 26.2. The van der Waals surface area contributed by atoms with Gasteiger partial charge in [-0.15, -0.1) is 10.2 Å². The van der Waals surface area contributed by atoms with Crippen molar-refractivity contribution in [1.82, 2.24) is 4.98 Å². The summed E-state index contributed by atoms with van der Waals surface area (Å²) in [7, 11) is 2.35. The zero-order chi connectivity index (χ0) is 20.0. The first kappa shape index (κ1) is 19.5. The minimum atomic E-state index is -1.12. The van der Waals surface area contributed by atoms with E-state index < -0.39 is 24.3 Å². The van der Waals surface area contributed by atoms with Crippen LogP contribution in [0.4, 0.5) is 11.5 Å². The summed E-state index contributed by atoms with van der Waals surface area (Å²) in [6.07, 6.45) is -0.391. The van der Waals surface area contributed by atoms with E-state index in [2.05, 4.69) is 24.7 Å². The highest BCUT2D eigenvalue weighted by Gasteiger charge is 2.15. The summed E-state index contributed by atoms with van der Waals surface area (Å²) >= 11 is 0. The molecule has 0 fully saturated rings. The fraction of sp³-hybridized carbons (Fsp3) is 0.176. The van der Waals surface area contributed by atoms with Gasteiger partial charge in [0.2, 0.25) is 0 Å². The molecular formula is C17H15N3O7. The Morgan fingerprint density at radius 3 is 2.37 bits per heavy atom. The summed E-state index contributed by atoms with van der Waals surface area (Å²) in [5.41, 5.74) is 0.269. The number of carbonyl (C=O) groups is 3. The van der Waals surface area contributed by atoms with Crippen LogP contribution in [0.1, 0.15) is 26.4 Å². The number of carboxylic acids is 1. The number of rotatable bonds is 6. The van der Waals surface area contributed by atoms with Crippen molar-refractivity contribution in [2.75, 3.05) is 14.2 Å². The maximum atomic E-state index is 11.7. The van der Waals surface area contributed by atoms with Crippen LogP contribution >= 0.6 is 0 Å². The Bertz CT molecular complexity index is 890. The largest absolute Gasteiger partial charge is 0.508 e. The molecule has 0 saturated heterocycles. The number of nitrogens with zero attached hydrogens (tertiary/aromatic N) is 3. The number of aromatic nitrogens is 1. The van der Waals surface area contributed by atoms with Crippen LogP contribution in [0.25, 0.3) is 0 Å². The average molecular weight is 373 g/mol. The van der Waals surface area contributed by atoms with Crippen LogP contribution in [0.3, 0.4) is 0 Å². The summed E-state index contributed by atoms with van der Waals surface area (Å²) in [6.45, 7) is 0. The second-order valence-corrected chi connectivity index (χ2v) is 5.17. The molecule has 1 aromatic heterocycles. The molecule has 0 amide bonds. The molecule has 0 saturated carbocycles. The third kappa shape index (κ3) is 5.08. The van der Waals surface area contributed by atoms with E-state index >= 15 is 0 Å². The first-order chi connectivity index (χ1) is 12.8. The molecule has 2 aromatic rings. The van der Waals surface area contributed by atoms with Crippen LogP contribution in [0.15, 0.2) is 40.6 Å². The van der Waals surface area contributed by atoms with Crippen molar-refractivity contribution in [1.29, 1.82) is 0 Å². The molecule has 0 aliphatic heterocycles. The van der Waals surface area contributed by atoms with Crippen molar-refractivity contribution in [3.8, 4) is 5.75 Å². The molecule has 0 bridgehead atoms. The van der Waals surface area contributed by atoms with Crippen LogP contribution in [0.2, 0.25) is 0 Å². The van der Waals surface area contributed by atoms with Crippen molar-refractivity contribution < 1.29 is 34.1 Å². The van der Waals surface area contributed by atoms with Crippen molar-refractivity contribution in [3.05, 3.63) is 47.2 Å². The second-order valence-electron chi connectivity index (χ2n) is 5.17. The van der Waals surface area contributed by atoms with Crippen LogP contribution in [-0.4, -0.2) is 47.3 Å². The average Bonchev–Trinajstić information content (AvgIpc) is 2.66. The van der Waals surface area contributed by atoms with Gasteiger partial charge in [-0.05, 0) is 30.3 Å². The Labute approximate surface area is 153 Å². The maximum Gasteiger partial charge on any atom is 0.356 e. The number of carbonyl (C=O) groups excluding carboxylic acids is 2. The van der Waals surface area contributed by atoms with Gasteiger partial charge in [-0.3, -0.25) is 4.79 Å². The molecule has 10 heteroatoms. The summed E-state index contributed by atoms with van der Waals surface area (Å²) in [6, 6.07) is 6.50. The van der Waals surface area contributed by atoms with Crippen LogP contribution in [0, 0.1) is 0 Å². The maximum absolute atomic E-state index is 11.7. The molecule has 2 rings (SSSR count). The minimum absolute atomic E-state index is 0.0270. The third-order valence-corrected chi connectivity index (χ3v) is 3.30. The molecular weight excluding hydrogens is 358 g/mol. The van der Waals surface area contributed by atoms with Gasteiger partial charge in [0.1, 0.15) is 5.75 Å². The quantitative estimate of drug-likeness (QED) is 0.579. The monoisotopic (exact) mass is 373 g/mol. The molecule has 0 aliphatic carbocycles. The normalized spacial score (nSPS) is 10.6. The Balaban J connectivity index is 2.39. The van der Waals surface area contributed by atoms with Gasteiger partial charge >= 0.3 is 17.9 Å². The van der Waals surface area contributed by atoms with Crippen LogP contribution in [-0.2, 0) is 20.7 Å². The summed E-state index contributed by atoms with van der Waals surface area (Å²) in [4.78, 5) is 38.2. The highest BCUT2D eigenvalue weighted by Crippen LogP contribution is 2.25. The van der Waals surface area contributed by atoms with Gasteiger partial charge in [0, 0.05) is 5.56 Å². The van der Waals surface area contributed by atoms with Crippen molar-refractivity contribution >= 4 is 29.4 Å². The molecule has 140 valence electrons. The number of hydrogen-bond acceptors (Lipinski definition) is 9. The lowest BCUT2D eigenvalue weighted by molar-refractivity contribution is -0.136. The number of azo groups is 1. The van der Waals surface area contributed by atoms with Gasteiger partial charge in [-0.2, -0.15) is 0 Å². The molecule has 0 atom stereocenters. The second kappa shape index (κ2) is 8.52. The zero-order valence-corrected chi connectivity index (χ0v) is 14.4. The lowest BCUT2D eigenvalue weighted by Crippen LogP contribution is -2.08. The number of ether oxygens (including phenoxy) is 2. The molecule has 27 heavy (non-hydrogen) atoms. The summed E-state index contributed by atoms with van der Waals surface area (Å²) < 4.78 is 9.19. The van der Waals surface area contributed by atoms with Gasteiger partial charge in [-0.25, -0.2) is 14.6 Å². The molecule has 0 aliphatic rings.